The summed E-state index contributed by atoms with van der Waals surface area (Å²) >= 11 is 0. The van der Waals surface area contributed by atoms with Gasteiger partial charge in [-0.2, -0.15) is 0 Å². The molecule has 1 atom stereocenters. The van der Waals surface area contributed by atoms with Gasteiger partial charge in [0, 0.05) is 12.2 Å². The molecule has 5 nitrogen and oxygen atoms in total. The van der Waals surface area contributed by atoms with E-state index in [0.29, 0.717) is 11.3 Å². The van der Waals surface area contributed by atoms with E-state index in [1.807, 2.05) is 37.2 Å². The van der Waals surface area contributed by atoms with Crippen molar-refractivity contribution in [3.05, 3.63) is 65.5 Å². The highest BCUT2D eigenvalue weighted by molar-refractivity contribution is 5.89. The predicted octanol–water partition coefficient (Wildman–Crippen LogP) is 2.92. The lowest BCUT2D eigenvalue weighted by Gasteiger charge is -2.24. The van der Waals surface area contributed by atoms with Crippen LogP contribution in [0.3, 0.4) is 0 Å². The highest BCUT2D eigenvalue weighted by Crippen LogP contribution is 2.20. The Labute approximate surface area is 147 Å². The van der Waals surface area contributed by atoms with Crippen molar-refractivity contribution in [3.8, 4) is 0 Å². The molecule has 3 N–H and O–H groups in total. The monoisotopic (exact) mass is 345 g/mol. The third-order valence-electron chi connectivity index (χ3n) is 3.74. The van der Waals surface area contributed by atoms with Crippen LogP contribution < -0.4 is 10.6 Å². The zero-order chi connectivity index (χ0) is 18.4. The van der Waals surface area contributed by atoms with Gasteiger partial charge in [0.25, 0.3) is 0 Å². The second-order valence-corrected chi connectivity index (χ2v) is 6.53. The Balaban J connectivity index is 1.93. The van der Waals surface area contributed by atoms with E-state index in [9.17, 15) is 14.3 Å². The second kappa shape index (κ2) is 8.09. The Morgan fingerprint density at radius 2 is 1.88 bits per heavy atom. The summed E-state index contributed by atoms with van der Waals surface area (Å²) < 4.78 is 13.0. The summed E-state index contributed by atoms with van der Waals surface area (Å²) in [5.41, 5.74) is 0.999. The van der Waals surface area contributed by atoms with Gasteiger partial charge in [-0.05, 0) is 56.4 Å². The lowest BCUT2D eigenvalue weighted by Crippen LogP contribution is -2.40. The molecule has 6 heteroatoms. The number of hydrogen-bond donors (Lipinski definition) is 3. The smallest absolute Gasteiger partial charge is 0.319 e. The van der Waals surface area contributed by atoms with E-state index in [1.165, 1.54) is 24.3 Å². The maximum Gasteiger partial charge on any atom is 0.319 e. The maximum absolute atomic E-state index is 13.0. The number of hydrogen-bond acceptors (Lipinski definition) is 3. The number of carbonyl (C=O) groups excluding carboxylic acids is 1. The Morgan fingerprint density at radius 3 is 2.52 bits per heavy atom. The van der Waals surface area contributed by atoms with Crippen LogP contribution in [0, 0.1) is 5.82 Å². The molecule has 0 aromatic heterocycles. The summed E-state index contributed by atoms with van der Waals surface area (Å²) in [6.07, 6.45) is 0. The molecule has 0 spiro atoms. The summed E-state index contributed by atoms with van der Waals surface area (Å²) in [5.74, 6) is -0.372. The van der Waals surface area contributed by atoms with Crippen LogP contribution in [0.5, 0.6) is 0 Å². The van der Waals surface area contributed by atoms with Crippen LogP contribution in [-0.2, 0) is 12.1 Å². The van der Waals surface area contributed by atoms with Crippen molar-refractivity contribution >= 4 is 11.7 Å². The Bertz CT molecular complexity index is 715. The molecule has 0 radical (unpaired) electrons. The van der Waals surface area contributed by atoms with Gasteiger partial charge >= 0.3 is 6.03 Å². The summed E-state index contributed by atoms with van der Waals surface area (Å²) in [6, 6.07) is 12.7. The van der Waals surface area contributed by atoms with E-state index in [2.05, 4.69) is 10.6 Å². The Kier molecular flexibility index (Phi) is 6.12. The van der Waals surface area contributed by atoms with Gasteiger partial charge in [-0.15, -0.1) is 0 Å². The average molecular weight is 345 g/mol. The lowest BCUT2D eigenvalue weighted by molar-refractivity contribution is 0.0599. The van der Waals surface area contributed by atoms with Gasteiger partial charge in [-0.25, -0.2) is 9.18 Å². The summed E-state index contributed by atoms with van der Waals surface area (Å²) in [5, 5.41) is 15.9. The predicted molar refractivity (Wildman–Crippen MR) is 96.8 cm³/mol. The fourth-order valence-electron chi connectivity index (χ4n) is 2.45. The Hall–Kier alpha value is -2.44. The molecule has 0 aliphatic carbocycles. The molecule has 134 valence electrons. The fourth-order valence-corrected chi connectivity index (χ4v) is 2.45. The quantitative estimate of drug-likeness (QED) is 0.754. The van der Waals surface area contributed by atoms with Crippen molar-refractivity contribution < 1.29 is 14.3 Å². The fraction of sp³-hybridized carbons (Fsp3) is 0.316. The van der Waals surface area contributed by atoms with Gasteiger partial charge in [0.2, 0.25) is 0 Å². The molecule has 0 aliphatic heterocycles. The lowest BCUT2D eigenvalue weighted by atomic mass is 9.96. The van der Waals surface area contributed by atoms with Crippen LogP contribution >= 0.6 is 0 Å². The molecule has 0 heterocycles. The van der Waals surface area contributed by atoms with E-state index in [4.69, 9.17) is 0 Å². The SMILES string of the molecule is CN(C)Cc1cccc(NC(=O)NCC(C)(O)c2ccc(F)cc2)c1. The normalized spacial score (nSPS) is 13.4. The van der Waals surface area contributed by atoms with Crippen molar-refractivity contribution in [2.45, 2.75) is 19.1 Å². The third kappa shape index (κ3) is 5.85. The van der Waals surface area contributed by atoms with Gasteiger partial charge in [0.05, 0.1) is 6.54 Å². The van der Waals surface area contributed by atoms with Crippen molar-refractivity contribution in [3.63, 3.8) is 0 Å². The first kappa shape index (κ1) is 18.9. The van der Waals surface area contributed by atoms with E-state index in [0.717, 1.165) is 12.1 Å². The van der Waals surface area contributed by atoms with Crippen LogP contribution in [0.25, 0.3) is 0 Å². The number of urea groups is 1. The molecule has 0 aliphatic rings. The first-order valence-corrected chi connectivity index (χ1v) is 8.03. The number of amides is 2. The molecule has 2 amide bonds. The first-order valence-electron chi connectivity index (χ1n) is 8.03. The van der Waals surface area contributed by atoms with Crippen molar-refractivity contribution in [2.24, 2.45) is 0 Å². The van der Waals surface area contributed by atoms with E-state index in [-0.39, 0.29) is 12.4 Å². The highest BCUT2D eigenvalue weighted by atomic mass is 19.1. The van der Waals surface area contributed by atoms with Crippen molar-refractivity contribution in [1.82, 2.24) is 10.2 Å². The minimum Gasteiger partial charge on any atom is -0.384 e. The minimum atomic E-state index is -1.29. The van der Waals surface area contributed by atoms with Crippen LogP contribution in [0.4, 0.5) is 14.9 Å². The maximum atomic E-state index is 13.0. The molecule has 2 rings (SSSR count). The Morgan fingerprint density at radius 1 is 1.20 bits per heavy atom. The topological polar surface area (TPSA) is 64.6 Å². The summed E-state index contributed by atoms with van der Waals surface area (Å²) in [7, 11) is 3.95. The molecule has 0 saturated heterocycles. The number of halogens is 1. The molecular weight excluding hydrogens is 321 g/mol. The number of nitrogens with one attached hydrogen (secondary N) is 2. The molecule has 25 heavy (non-hydrogen) atoms. The molecule has 0 saturated carbocycles. The van der Waals surface area contributed by atoms with Crippen LogP contribution in [0.15, 0.2) is 48.5 Å². The molecular formula is C19H24FN3O2. The number of rotatable bonds is 6. The zero-order valence-electron chi connectivity index (χ0n) is 14.7. The van der Waals surface area contributed by atoms with Gasteiger partial charge in [0.1, 0.15) is 11.4 Å². The molecule has 2 aromatic carbocycles. The van der Waals surface area contributed by atoms with Crippen LogP contribution in [-0.4, -0.2) is 36.7 Å². The third-order valence-corrected chi connectivity index (χ3v) is 3.74. The molecule has 0 bridgehead atoms. The van der Waals surface area contributed by atoms with E-state index in [1.54, 1.807) is 13.0 Å². The molecule has 0 fully saturated rings. The molecule has 1 unspecified atom stereocenters. The van der Waals surface area contributed by atoms with E-state index >= 15 is 0 Å². The average Bonchev–Trinajstić information content (AvgIpc) is 2.53. The first-order chi connectivity index (χ1) is 11.8. The largest absolute Gasteiger partial charge is 0.384 e. The van der Waals surface area contributed by atoms with Crippen LogP contribution in [0.2, 0.25) is 0 Å². The minimum absolute atomic E-state index is 0.00184. The molecule has 2 aromatic rings. The van der Waals surface area contributed by atoms with Crippen molar-refractivity contribution in [2.75, 3.05) is 26.0 Å². The number of anilines is 1. The highest BCUT2D eigenvalue weighted by Gasteiger charge is 2.23. The number of benzene rings is 2. The van der Waals surface area contributed by atoms with E-state index < -0.39 is 11.6 Å². The van der Waals surface area contributed by atoms with Gasteiger partial charge in [-0.1, -0.05) is 24.3 Å². The van der Waals surface area contributed by atoms with Crippen molar-refractivity contribution in [1.29, 1.82) is 0 Å². The summed E-state index contributed by atoms with van der Waals surface area (Å²) in [4.78, 5) is 14.1. The van der Waals surface area contributed by atoms with Gasteiger partial charge < -0.3 is 20.6 Å². The zero-order valence-corrected chi connectivity index (χ0v) is 14.7. The number of nitrogens with zero attached hydrogens (tertiary/aromatic N) is 1. The second-order valence-electron chi connectivity index (χ2n) is 6.53. The standard InChI is InChI=1S/C19H24FN3O2/c1-19(25,15-7-9-16(20)10-8-15)13-21-18(24)22-17-6-4-5-14(11-17)12-23(2)3/h4-11,25H,12-13H2,1-3H3,(H2,21,22,24). The van der Waals surface area contributed by atoms with Gasteiger partial charge in [0.15, 0.2) is 0 Å². The van der Waals surface area contributed by atoms with Crippen LogP contribution in [0.1, 0.15) is 18.1 Å². The summed E-state index contributed by atoms with van der Waals surface area (Å²) in [6.45, 7) is 2.34. The van der Waals surface area contributed by atoms with Gasteiger partial charge in [-0.3, -0.25) is 0 Å². The number of aliphatic hydroxyl groups is 1. The number of carbonyl (C=O) groups is 1.